The summed E-state index contributed by atoms with van der Waals surface area (Å²) in [4.78, 5) is 8.88. The minimum atomic E-state index is 0.795. The number of pyridine rings is 2. The molecule has 5 heteroatoms. The Morgan fingerprint density at radius 3 is 2.84 bits per heavy atom. The van der Waals surface area contributed by atoms with Gasteiger partial charge in [0.1, 0.15) is 5.56 Å². The number of hydrogen-bond acceptors (Lipinski definition) is 3. The van der Waals surface area contributed by atoms with E-state index in [1.807, 2.05) is 42.9 Å². The summed E-state index contributed by atoms with van der Waals surface area (Å²) in [5.41, 5.74) is 6.16. The van der Waals surface area contributed by atoms with Crippen LogP contribution >= 0.6 is 0 Å². The smallest absolute Gasteiger partial charge is 0.380 e. The maximum atomic E-state index is 6.35. The van der Waals surface area contributed by atoms with E-state index in [4.69, 9.17) is 4.42 Å². The Hall–Kier alpha value is -3.47. The zero-order valence-electron chi connectivity index (χ0n) is 13.3. The molecule has 118 valence electrons. The van der Waals surface area contributed by atoms with Gasteiger partial charge in [-0.05, 0) is 30.3 Å². The molecule has 0 N–H and O–H groups in total. The van der Waals surface area contributed by atoms with Crippen molar-refractivity contribution in [2.24, 2.45) is 0 Å². The van der Waals surface area contributed by atoms with Gasteiger partial charge in [-0.25, -0.2) is 4.98 Å². The van der Waals surface area contributed by atoms with Crippen molar-refractivity contribution >= 4 is 22.3 Å². The van der Waals surface area contributed by atoms with Crippen LogP contribution in [0.2, 0.25) is 0 Å². The molecule has 0 radical (unpaired) electrons. The largest absolute Gasteiger partial charge is 0.385 e. The van der Waals surface area contributed by atoms with Crippen LogP contribution in [-0.4, -0.2) is 14.5 Å². The Kier molecular flexibility index (Phi) is 2.34. The first-order valence-electron chi connectivity index (χ1n) is 8.22. The average molecular weight is 325 g/mol. The van der Waals surface area contributed by atoms with Crippen molar-refractivity contribution in [2.45, 2.75) is 6.54 Å². The molecule has 1 aliphatic rings. The number of para-hydroxylation sites is 1. The fourth-order valence-electron chi connectivity index (χ4n) is 3.77. The van der Waals surface area contributed by atoms with E-state index in [0.717, 1.165) is 45.9 Å². The Labute approximate surface area is 142 Å². The van der Waals surface area contributed by atoms with Gasteiger partial charge >= 0.3 is 5.89 Å². The maximum Gasteiger partial charge on any atom is 0.385 e. The number of nitrogens with zero attached hydrogens (tertiary/aromatic N) is 4. The molecular formula is C20H13N4O+. The standard InChI is InChI=1S/C20H13N4O/c1-2-5-14(6-3-1)24-18-15(7-4-9-22-18)17-20(24)25-19-16-11-21-10-8-13(16)12-23(17)19/h1-11H,12H2/q+1. The molecule has 0 aliphatic carbocycles. The Morgan fingerprint density at radius 2 is 1.92 bits per heavy atom. The molecule has 5 heterocycles. The monoisotopic (exact) mass is 325 g/mol. The highest BCUT2D eigenvalue weighted by Gasteiger charge is 2.37. The van der Waals surface area contributed by atoms with Crippen LogP contribution in [0.4, 0.5) is 0 Å². The van der Waals surface area contributed by atoms with Gasteiger partial charge in [-0.1, -0.05) is 18.2 Å². The highest BCUT2D eigenvalue weighted by molar-refractivity contribution is 6.02. The molecule has 0 bridgehead atoms. The van der Waals surface area contributed by atoms with E-state index in [1.165, 1.54) is 5.56 Å². The van der Waals surface area contributed by atoms with Gasteiger partial charge in [-0.2, -0.15) is 0 Å². The lowest BCUT2D eigenvalue weighted by atomic mass is 10.2. The fourth-order valence-corrected chi connectivity index (χ4v) is 3.77. The molecule has 4 aromatic heterocycles. The van der Waals surface area contributed by atoms with Gasteiger partial charge in [0.2, 0.25) is 0 Å². The van der Waals surface area contributed by atoms with Crippen molar-refractivity contribution < 1.29 is 8.98 Å². The van der Waals surface area contributed by atoms with Crippen molar-refractivity contribution in [1.29, 1.82) is 0 Å². The van der Waals surface area contributed by atoms with E-state index in [0.29, 0.717) is 0 Å². The first-order valence-corrected chi connectivity index (χ1v) is 8.22. The molecule has 0 spiro atoms. The highest BCUT2D eigenvalue weighted by Crippen LogP contribution is 2.36. The van der Waals surface area contributed by atoms with Crippen LogP contribution in [-0.2, 0) is 6.54 Å². The Bertz CT molecular complexity index is 1270. The molecule has 5 nitrogen and oxygen atoms in total. The Balaban J connectivity index is 1.78. The number of rotatable bonds is 1. The van der Waals surface area contributed by atoms with Gasteiger partial charge in [0.25, 0.3) is 11.2 Å². The summed E-state index contributed by atoms with van der Waals surface area (Å²) in [6.45, 7) is 0.795. The second kappa shape index (κ2) is 4.54. The third kappa shape index (κ3) is 1.59. The van der Waals surface area contributed by atoms with E-state index in [1.54, 1.807) is 0 Å². The van der Waals surface area contributed by atoms with Gasteiger partial charge in [0, 0.05) is 24.2 Å². The minimum absolute atomic E-state index is 0.795. The first-order chi connectivity index (χ1) is 12.4. The lowest BCUT2D eigenvalue weighted by molar-refractivity contribution is -0.648. The molecule has 1 aliphatic heterocycles. The molecule has 5 aromatic rings. The molecule has 0 fully saturated rings. The first kappa shape index (κ1) is 12.9. The van der Waals surface area contributed by atoms with Crippen molar-refractivity contribution in [2.75, 3.05) is 0 Å². The summed E-state index contributed by atoms with van der Waals surface area (Å²) in [6.07, 6.45) is 5.53. The third-order valence-electron chi connectivity index (χ3n) is 4.85. The highest BCUT2D eigenvalue weighted by atomic mass is 16.4. The predicted octanol–water partition coefficient (Wildman–Crippen LogP) is 3.48. The number of benzene rings is 1. The summed E-state index contributed by atoms with van der Waals surface area (Å²) in [6, 6.07) is 16.3. The maximum absolute atomic E-state index is 6.35. The van der Waals surface area contributed by atoms with Gasteiger partial charge in [-0.3, -0.25) is 9.55 Å². The average Bonchev–Trinajstić information content (AvgIpc) is 3.29. The molecular weight excluding hydrogens is 312 g/mol. The summed E-state index contributed by atoms with van der Waals surface area (Å²) >= 11 is 0. The quantitative estimate of drug-likeness (QED) is 0.435. The fraction of sp³-hybridized carbons (Fsp3) is 0.0500. The molecule has 0 saturated carbocycles. The molecule has 25 heavy (non-hydrogen) atoms. The molecule has 0 amide bonds. The topological polar surface area (TPSA) is 47.7 Å². The van der Waals surface area contributed by atoms with Gasteiger partial charge in [0.05, 0.1) is 11.1 Å². The van der Waals surface area contributed by atoms with Gasteiger partial charge < -0.3 is 4.42 Å². The van der Waals surface area contributed by atoms with E-state index in [2.05, 4.69) is 43.4 Å². The summed E-state index contributed by atoms with van der Waals surface area (Å²) in [7, 11) is 0. The number of aromatic nitrogens is 4. The molecule has 0 unspecified atom stereocenters. The Morgan fingerprint density at radius 1 is 1.00 bits per heavy atom. The van der Waals surface area contributed by atoms with Gasteiger partial charge in [0.15, 0.2) is 12.2 Å². The van der Waals surface area contributed by atoms with Crippen molar-refractivity contribution in [1.82, 2.24) is 14.5 Å². The summed E-state index contributed by atoms with van der Waals surface area (Å²) in [5.74, 6) is 0.864. The van der Waals surface area contributed by atoms with Crippen LogP contribution in [0.5, 0.6) is 0 Å². The predicted molar refractivity (Wildman–Crippen MR) is 93.4 cm³/mol. The zero-order chi connectivity index (χ0) is 16.4. The van der Waals surface area contributed by atoms with Gasteiger partial charge in [-0.15, -0.1) is 4.57 Å². The van der Waals surface area contributed by atoms with E-state index in [-0.39, 0.29) is 0 Å². The summed E-state index contributed by atoms with van der Waals surface area (Å²) in [5, 5.41) is 1.09. The summed E-state index contributed by atoms with van der Waals surface area (Å²) < 4.78 is 10.7. The van der Waals surface area contributed by atoms with E-state index >= 15 is 0 Å². The van der Waals surface area contributed by atoms with Crippen LogP contribution < -0.4 is 4.57 Å². The lowest BCUT2D eigenvalue weighted by Crippen LogP contribution is -2.30. The van der Waals surface area contributed by atoms with Crippen molar-refractivity contribution in [3.05, 3.63) is 72.7 Å². The van der Waals surface area contributed by atoms with Crippen LogP contribution in [0, 0.1) is 0 Å². The van der Waals surface area contributed by atoms with Crippen LogP contribution in [0.25, 0.3) is 39.4 Å². The second-order valence-corrected chi connectivity index (χ2v) is 6.23. The van der Waals surface area contributed by atoms with E-state index < -0.39 is 0 Å². The van der Waals surface area contributed by atoms with Crippen LogP contribution in [0.3, 0.4) is 0 Å². The minimum Gasteiger partial charge on any atom is -0.380 e. The van der Waals surface area contributed by atoms with Crippen molar-refractivity contribution in [3.8, 4) is 17.1 Å². The third-order valence-corrected chi connectivity index (χ3v) is 4.85. The molecule has 0 saturated heterocycles. The molecule has 6 rings (SSSR count). The molecule has 0 atom stereocenters. The number of oxazole rings is 1. The number of fused-ring (bicyclic) bond motifs is 7. The lowest BCUT2D eigenvalue weighted by Gasteiger charge is -2.03. The SMILES string of the molecule is c1ccc(-n2c3ncccc3c3c2oc2[n+]3Cc3ccncc3-2)cc1. The van der Waals surface area contributed by atoms with Crippen molar-refractivity contribution in [3.63, 3.8) is 0 Å². The zero-order valence-corrected chi connectivity index (χ0v) is 13.3. The van der Waals surface area contributed by atoms with E-state index in [9.17, 15) is 0 Å². The molecule has 1 aromatic carbocycles. The van der Waals surface area contributed by atoms with Crippen LogP contribution in [0.15, 0.2) is 71.5 Å². The number of hydrogen-bond donors (Lipinski definition) is 0. The second-order valence-electron chi connectivity index (χ2n) is 6.23. The normalized spacial score (nSPS) is 12.6. The van der Waals surface area contributed by atoms with Crippen LogP contribution in [0.1, 0.15) is 5.56 Å².